The van der Waals surface area contributed by atoms with Gasteiger partial charge in [0.05, 0.1) is 22.7 Å². The first kappa shape index (κ1) is 24.9. The molecule has 0 unspecified atom stereocenters. The molecule has 2 rings (SSSR count). The molecule has 2 atom stereocenters. The Hall–Kier alpha value is -1.40. The first-order valence-corrected chi connectivity index (χ1v) is 12.8. The van der Waals surface area contributed by atoms with Gasteiger partial charge in [0.2, 0.25) is 0 Å². The maximum Gasteiger partial charge on any atom is 0.155 e. The van der Waals surface area contributed by atoms with Crippen LogP contribution in [-0.4, -0.2) is 50.0 Å². The minimum Gasteiger partial charge on any atom is -0.372 e. The molecular formula is C24H39NO4S. The Morgan fingerprint density at radius 2 is 1.73 bits per heavy atom. The van der Waals surface area contributed by atoms with Gasteiger partial charge in [-0.05, 0) is 71.6 Å². The number of unbranched alkanes of at least 4 members (excludes halogenated alkanes) is 2. The number of sulfone groups is 1. The summed E-state index contributed by atoms with van der Waals surface area (Å²) < 4.78 is 29.4. The van der Waals surface area contributed by atoms with Crippen LogP contribution in [-0.2, 0) is 25.8 Å². The fourth-order valence-electron chi connectivity index (χ4n) is 3.97. The second-order valence-corrected chi connectivity index (χ2v) is 12.6. The molecule has 0 radical (unpaired) electrons. The third-order valence-corrected chi connectivity index (χ3v) is 8.42. The molecule has 30 heavy (non-hydrogen) atoms. The Bertz CT molecular complexity index is 816. The number of hydrogen-bond donors (Lipinski definition) is 0. The lowest BCUT2D eigenvalue weighted by Crippen LogP contribution is -2.45. The molecule has 1 aromatic rings. The molecule has 0 bridgehead atoms. The lowest BCUT2D eigenvalue weighted by atomic mass is 10.0. The number of nitrogens with zero attached hydrogens (tertiary/aromatic N) is 1. The third kappa shape index (κ3) is 7.09. The summed E-state index contributed by atoms with van der Waals surface area (Å²) in [4.78, 5) is 14.7. The lowest BCUT2D eigenvalue weighted by Gasteiger charge is -2.37. The predicted molar refractivity (Wildman–Crippen MR) is 124 cm³/mol. The van der Waals surface area contributed by atoms with Crippen molar-refractivity contribution in [3.05, 3.63) is 29.3 Å². The van der Waals surface area contributed by atoms with Crippen molar-refractivity contribution >= 4 is 21.3 Å². The predicted octanol–water partition coefficient (Wildman–Crippen LogP) is 4.49. The Labute approximate surface area is 183 Å². The summed E-state index contributed by atoms with van der Waals surface area (Å²) in [6.07, 6.45) is 3.52. The Morgan fingerprint density at radius 3 is 2.30 bits per heavy atom. The lowest BCUT2D eigenvalue weighted by molar-refractivity contribution is -0.118. The number of aryl methyl sites for hydroxylation is 1. The van der Waals surface area contributed by atoms with E-state index in [2.05, 4.69) is 43.9 Å². The normalized spacial score (nSPS) is 20.4. The van der Waals surface area contributed by atoms with Crippen LogP contribution >= 0.6 is 0 Å². The van der Waals surface area contributed by atoms with Crippen LogP contribution in [0.4, 0.5) is 5.69 Å². The molecule has 1 aliphatic rings. The molecule has 170 valence electrons. The molecule has 1 heterocycles. The van der Waals surface area contributed by atoms with Crippen LogP contribution in [0.5, 0.6) is 0 Å². The molecule has 0 N–H and O–H groups in total. The first-order chi connectivity index (χ1) is 13.9. The van der Waals surface area contributed by atoms with Crippen LogP contribution in [0.1, 0.15) is 71.4 Å². The summed E-state index contributed by atoms with van der Waals surface area (Å²) in [6.45, 7) is 13.3. The molecule has 5 nitrogen and oxygen atoms in total. The van der Waals surface area contributed by atoms with Crippen LogP contribution in [0.15, 0.2) is 18.2 Å². The molecule has 0 saturated carbocycles. The number of ketones is 1. The number of benzene rings is 1. The molecule has 1 saturated heterocycles. The van der Waals surface area contributed by atoms with Gasteiger partial charge in [0, 0.05) is 31.6 Å². The van der Waals surface area contributed by atoms with Crippen molar-refractivity contribution in [2.75, 3.05) is 23.7 Å². The van der Waals surface area contributed by atoms with E-state index in [-0.39, 0.29) is 23.7 Å². The summed E-state index contributed by atoms with van der Waals surface area (Å²) in [6, 6.07) is 6.30. The summed E-state index contributed by atoms with van der Waals surface area (Å²) in [5, 5.41) is 0. The minimum atomic E-state index is -3.07. The third-order valence-electron chi connectivity index (χ3n) is 5.72. The van der Waals surface area contributed by atoms with Gasteiger partial charge in [0.25, 0.3) is 0 Å². The SMILES string of the molecule is Cc1cc(CC(=O)CCCCCS(=O)(=O)C(C)(C)C)ccc1N1C[C@@H](C)O[C@@H](C)C1. The standard InChI is InChI=1S/C24H39NO4S/c1-18-14-21(11-12-23(18)25-16-19(2)29-20(3)17-25)15-22(26)10-8-7-9-13-30(27,28)24(4,5)6/h11-12,14,19-20H,7-10,13,15-17H2,1-6H3/t19-,20+. The van der Waals surface area contributed by atoms with Gasteiger partial charge in [-0.3, -0.25) is 4.79 Å². The number of morpholine rings is 1. The zero-order valence-electron chi connectivity index (χ0n) is 19.5. The smallest absolute Gasteiger partial charge is 0.155 e. The van der Waals surface area contributed by atoms with E-state index < -0.39 is 14.6 Å². The number of ether oxygens (including phenoxy) is 1. The van der Waals surface area contributed by atoms with Crippen LogP contribution in [0.3, 0.4) is 0 Å². The minimum absolute atomic E-state index is 0.199. The Balaban J connectivity index is 1.80. The van der Waals surface area contributed by atoms with Gasteiger partial charge in [0.15, 0.2) is 9.84 Å². The number of Topliss-reactive ketones (excluding diaryl/α,β-unsaturated/α-hetero) is 1. The van der Waals surface area contributed by atoms with Crippen LogP contribution in [0, 0.1) is 6.92 Å². The van der Waals surface area contributed by atoms with Crippen molar-refractivity contribution in [1.82, 2.24) is 0 Å². The van der Waals surface area contributed by atoms with E-state index in [0.717, 1.165) is 31.5 Å². The highest BCUT2D eigenvalue weighted by Gasteiger charge is 2.28. The highest BCUT2D eigenvalue weighted by Crippen LogP contribution is 2.25. The molecule has 0 spiro atoms. The zero-order valence-corrected chi connectivity index (χ0v) is 20.3. The summed E-state index contributed by atoms with van der Waals surface area (Å²) in [5.41, 5.74) is 3.45. The second kappa shape index (κ2) is 10.3. The molecule has 0 aromatic heterocycles. The zero-order chi connectivity index (χ0) is 22.5. The monoisotopic (exact) mass is 437 g/mol. The van der Waals surface area contributed by atoms with Crippen molar-refractivity contribution < 1.29 is 17.9 Å². The van der Waals surface area contributed by atoms with Crippen molar-refractivity contribution in [2.24, 2.45) is 0 Å². The Kier molecular flexibility index (Phi) is 8.51. The number of carbonyl (C=O) groups is 1. The van der Waals surface area contributed by atoms with Crippen molar-refractivity contribution in [3.63, 3.8) is 0 Å². The summed E-state index contributed by atoms with van der Waals surface area (Å²) >= 11 is 0. The molecule has 6 heteroatoms. The van der Waals surface area contributed by atoms with Gasteiger partial charge < -0.3 is 9.64 Å². The van der Waals surface area contributed by atoms with Crippen LogP contribution in [0.25, 0.3) is 0 Å². The van der Waals surface area contributed by atoms with E-state index in [1.807, 2.05) is 0 Å². The van der Waals surface area contributed by atoms with Crippen molar-refractivity contribution in [2.45, 2.75) is 90.6 Å². The van der Waals surface area contributed by atoms with Gasteiger partial charge in [-0.1, -0.05) is 18.6 Å². The van der Waals surface area contributed by atoms with E-state index in [0.29, 0.717) is 19.3 Å². The van der Waals surface area contributed by atoms with Gasteiger partial charge in [-0.25, -0.2) is 8.42 Å². The average Bonchev–Trinajstić information content (AvgIpc) is 2.59. The first-order valence-electron chi connectivity index (χ1n) is 11.1. The number of anilines is 1. The van der Waals surface area contributed by atoms with Gasteiger partial charge in [-0.2, -0.15) is 0 Å². The van der Waals surface area contributed by atoms with E-state index in [9.17, 15) is 13.2 Å². The van der Waals surface area contributed by atoms with E-state index >= 15 is 0 Å². The maximum absolute atomic E-state index is 12.4. The highest BCUT2D eigenvalue weighted by molar-refractivity contribution is 7.92. The second-order valence-electron chi connectivity index (χ2n) is 9.74. The number of rotatable bonds is 9. The molecule has 0 aliphatic carbocycles. The van der Waals surface area contributed by atoms with E-state index in [1.54, 1.807) is 20.8 Å². The highest BCUT2D eigenvalue weighted by atomic mass is 32.2. The molecule has 1 fully saturated rings. The summed E-state index contributed by atoms with van der Waals surface area (Å²) in [7, 11) is -3.07. The fraction of sp³-hybridized carbons (Fsp3) is 0.708. The molecule has 0 amide bonds. The maximum atomic E-state index is 12.4. The van der Waals surface area contributed by atoms with Gasteiger partial charge in [-0.15, -0.1) is 0 Å². The van der Waals surface area contributed by atoms with Crippen molar-refractivity contribution in [1.29, 1.82) is 0 Å². The largest absolute Gasteiger partial charge is 0.372 e. The van der Waals surface area contributed by atoms with Gasteiger partial charge >= 0.3 is 0 Å². The fourth-order valence-corrected chi connectivity index (χ4v) is 5.17. The number of carbonyl (C=O) groups excluding carboxylic acids is 1. The molecule has 1 aliphatic heterocycles. The van der Waals surface area contributed by atoms with E-state index in [4.69, 9.17) is 4.74 Å². The van der Waals surface area contributed by atoms with Crippen LogP contribution in [0.2, 0.25) is 0 Å². The topological polar surface area (TPSA) is 63.7 Å². The van der Waals surface area contributed by atoms with Crippen molar-refractivity contribution in [3.8, 4) is 0 Å². The Morgan fingerprint density at radius 1 is 1.10 bits per heavy atom. The van der Waals surface area contributed by atoms with E-state index in [1.165, 1.54) is 11.3 Å². The molecule has 1 aromatic carbocycles. The quantitative estimate of drug-likeness (QED) is 0.533. The average molecular weight is 438 g/mol. The van der Waals surface area contributed by atoms with Gasteiger partial charge in [0.1, 0.15) is 5.78 Å². The van der Waals surface area contributed by atoms with Crippen LogP contribution < -0.4 is 4.90 Å². The summed E-state index contributed by atoms with van der Waals surface area (Å²) in [5.74, 6) is 0.416. The number of hydrogen-bond acceptors (Lipinski definition) is 5. The molecular weight excluding hydrogens is 398 g/mol.